The Morgan fingerprint density at radius 1 is 1.18 bits per heavy atom. The number of rotatable bonds is 4. The largest absolute Gasteiger partial charge is 0.356 e. The highest BCUT2D eigenvalue weighted by Gasteiger charge is 2.31. The zero-order chi connectivity index (χ0) is 19.8. The Kier molecular flexibility index (Phi) is 5.41. The first-order valence-electron chi connectivity index (χ1n) is 9.39. The zero-order valence-corrected chi connectivity index (χ0v) is 17.7. The van der Waals surface area contributed by atoms with Crippen molar-refractivity contribution in [2.45, 2.75) is 46.2 Å². The molecule has 0 N–H and O–H groups in total. The second-order valence-corrected chi connectivity index (χ2v) is 8.13. The quantitative estimate of drug-likeness (QED) is 0.545. The molecule has 0 aliphatic carbocycles. The molecular weight excluding hydrogens is 395 g/mol. The van der Waals surface area contributed by atoms with E-state index in [1.807, 2.05) is 45.2 Å². The Balaban J connectivity index is 1.70. The fraction of sp³-hybridized carbons (Fsp3) is 0.381. The average molecular weight is 417 g/mol. The molecule has 4 rings (SSSR count). The highest BCUT2D eigenvalue weighted by atomic mass is 35.5. The Bertz CT molecular complexity index is 1020. The first kappa shape index (κ1) is 19.4. The molecule has 3 aromatic rings. The maximum atomic E-state index is 6.21. The molecule has 2 aromatic heterocycles. The van der Waals surface area contributed by atoms with Crippen molar-refractivity contribution in [3.63, 3.8) is 0 Å². The van der Waals surface area contributed by atoms with Crippen LogP contribution in [0.2, 0.25) is 10.0 Å². The minimum atomic E-state index is 0.191. The van der Waals surface area contributed by atoms with Crippen LogP contribution in [0.25, 0.3) is 11.3 Å². The van der Waals surface area contributed by atoms with Crippen LogP contribution in [0, 0.1) is 20.8 Å². The van der Waals surface area contributed by atoms with Crippen LogP contribution in [0.15, 0.2) is 28.9 Å². The van der Waals surface area contributed by atoms with Gasteiger partial charge in [0.05, 0.1) is 33.0 Å². The van der Waals surface area contributed by atoms with E-state index < -0.39 is 0 Å². The summed E-state index contributed by atoms with van der Waals surface area (Å²) in [5, 5.41) is 5.28. The molecule has 7 heteroatoms. The van der Waals surface area contributed by atoms with E-state index >= 15 is 0 Å². The summed E-state index contributed by atoms with van der Waals surface area (Å²) in [7, 11) is 0. The van der Waals surface area contributed by atoms with Crippen LogP contribution in [0.1, 0.15) is 47.2 Å². The molecule has 28 heavy (non-hydrogen) atoms. The Morgan fingerprint density at radius 2 is 2.00 bits per heavy atom. The van der Waals surface area contributed by atoms with Gasteiger partial charge in [0.1, 0.15) is 5.82 Å². The number of hydrogen-bond acceptors (Lipinski definition) is 5. The van der Waals surface area contributed by atoms with Gasteiger partial charge >= 0.3 is 0 Å². The second-order valence-electron chi connectivity index (χ2n) is 7.32. The lowest BCUT2D eigenvalue weighted by Gasteiger charge is -2.25. The first-order valence-corrected chi connectivity index (χ1v) is 10.1. The van der Waals surface area contributed by atoms with Crippen molar-refractivity contribution in [3.05, 3.63) is 62.8 Å². The van der Waals surface area contributed by atoms with Gasteiger partial charge < -0.3 is 4.52 Å². The number of likely N-dealkylation sites (tertiary alicyclic amines) is 1. The minimum absolute atomic E-state index is 0.191. The number of aromatic nitrogens is 3. The van der Waals surface area contributed by atoms with E-state index in [2.05, 4.69) is 15.0 Å². The molecule has 1 aliphatic heterocycles. The molecule has 0 saturated carbocycles. The normalized spacial score (nSPS) is 17.4. The summed E-state index contributed by atoms with van der Waals surface area (Å²) in [6.45, 7) is 7.68. The lowest BCUT2D eigenvalue weighted by Crippen LogP contribution is -2.24. The van der Waals surface area contributed by atoms with E-state index in [-0.39, 0.29) is 6.04 Å². The first-order chi connectivity index (χ1) is 13.4. The molecular formula is C21H22Cl2N4O. The molecule has 1 unspecified atom stereocenters. The average Bonchev–Trinajstić information content (AvgIpc) is 3.25. The molecule has 0 amide bonds. The molecule has 1 atom stereocenters. The van der Waals surface area contributed by atoms with Gasteiger partial charge in [-0.3, -0.25) is 4.90 Å². The molecule has 1 fully saturated rings. The number of hydrogen-bond donors (Lipinski definition) is 0. The van der Waals surface area contributed by atoms with E-state index in [0.29, 0.717) is 10.0 Å². The molecule has 0 spiro atoms. The number of nitrogens with zero attached hydrogens (tertiary/aromatic N) is 4. The number of halogens is 2. The highest BCUT2D eigenvalue weighted by Crippen LogP contribution is 2.38. The van der Waals surface area contributed by atoms with Gasteiger partial charge in [0.25, 0.3) is 0 Å². The van der Waals surface area contributed by atoms with Gasteiger partial charge in [0.2, 0.25) is 0 Å². The molecule has 0 bridgehead atoms. The lowest BCUT2D eigenvalue weighted by atomic mass is 10.0. The maximum absolute atomic E-state index is 6.21. The molecule has 1 aromatic carbocycles. The van der Waals surface area contributed by atoms with Crippen LogP contribution in [-0.4, -0.2) is 26.6 Å². The second kappa shape index (κ2) is 7.82. The van der Waals surface area contributed by atoms with Gasteiger partial charge in [-0.1, -0.05) is 34.4 Å². The van der Waals surface area contributed by atoms with Crippen LogP contribution in [0.4, 0.5) is 0 Å². The van der Waals surface area contributed by atoms with Crippen molar-refractivity contribution in [1.29, 1.82) is 0 Å². The summed E-state index contributed by atoms with van der Waals surface area (Å²) in [6, 6.07) is 6.01. The SMILES string of the molecule is Cc1ncc(-c2onc(C)c2C)c(C2CCCN2Cc2ccc(Cl)c(Cl)c2)n1. The van der Waals surface area contributed by atoms with Crippen molar-refractivity contribution in [2.75, 3.05) is 6.54 Å². The summed E-state index contributed by atoms with van der Waals surface area (Å²) in [6.07, 6.45) is 4.01. The predicted molar refractivity (Wildman–Crippen MR) is 111 cm³/mol. The summed E-state index contributed by atoms with van der Waals surface area (Å²) in [4.78, 5) is 11.7. The predicted octanol–water partition coefficient (Wildman–Crippen LogP) is 5.70. The third-order valence-electron chi connectivity index (χ3n) is 5.39. The third-order valence-corrected chi connectivity index (χ3v) is 6.13. The molecule has 146 valence electrons. The number of aryl methyl sites for hydroxylation is 2. The molecule has 3 heterocycles. The van der Waals surface area contributed by atoms with Crippen LogP contribution >= 0.6 is 23.2 Å². The van der Waals surface area contributed by atoms with E-state index in [1.165, 1.54) is 0 Å². The van der Waals surface area contributed by atoms with E-state index in [0.717, 1.165) is 65.6 Å². The van der Waals surface area contributed by atoms with Crippen molar-refractivity contribution < 1.29 is 4.52 Å². The van der Waals surface area contributed by atoms with Gasteiger partial charge in [-0.15, -0.1) is 0 Å². The van der Waals surface area contributed by atoms with Crippen LogP contribution < -0.4 is 0 Å². The van der Waals surface area contributed by atoms with E-state index in [4.69, 9.17) is 32.7 Å². The molecule has 5 nitrogen and oxygen atoms in total. The van der Waals surface area contributed by atoms with Crippen molar-refractivity contribution in [2.24, 2.45) is 0 Å². The van der Waals surface area contributed by atoms with Crippen LogP contribution in [0.5, 0.6) is 0 Å². The highest BCUT2D eigenvalue weighted by molar-refractivity contribution is 6.42. The van der Waals surface area contributed by atoms with Crippen molar-refractivity contribution in [3.8, 4) is 11.3 Å². The summed E-state index contributed by atoms with van der Waals surface area (Å²) >= 11 is 12.3. The van der Waals surface area contributed by atoms with Crippen LogP contribution in [-0.2, 0) is 6.54 Å². The minimum Gasteiger partial charge on any atom is -0.356 e. The van der Waals surface area contributed by atoms with Gasteiger partial charge in [0.15, 0.2) is 5.76 Å². The fourth-order valence-corrected chi connectivity index (χ4v) is 4.10. The third kappa shape index (κ3) is 3.66. The molecule has 1 saturated heterocycles. The van der Waals surface area contributed by atoms with Gasteiger partial charge in [-0.05, 0) is 57.9 Å². The van der Waals surface area contributed by atoms with Gasteiger partial charge in [-0.25, -0.2) is 9.97 Å². The smallest absolute Gasteiger partial charge is 0.173 e. The summed E-state index contributed by atoms with van der Waals surface area (Å²) in [5.74, 6) is 1.52. The standard InChI is InChI=1S/C21H22Cl2N4O/c1-12-13(2)26-28-21(12)16-10-24-14(3)25-20(16)19-5-4-8-27(19)11-15-6-7-17(22)18(23)9-15/h6-7,9-10,19H,4-5,8,11H2,1-3H3. The van der Waals surface area contributed by atoms with E-state index in [9.17, 15) is 0 Å². The zero-order valence-electron chi connectivity index (χ0n) is 16.2. The Hall–Kier alpha value is -1.95. The Morgan fingerprint density at radius 3 is 2.71 bits per heavy atom. The van der Waals surface area contributed by atoms with Gasteiger partial charge in [0, 0.05) is 18.3 Å². The van der Waals surface area contributed by atoms with Crippen molar-refractivity contribution in [1.82, 2.24) is 20.0 Å². The number of benzene rings is 1. The van der Waals surface area contributed by atoms with Crippen molar-refractivity contribution >= 4 is 23.2 Å². The van der Waals surface area contributed by atoms with Gasteiger partial charge in [-0.2, -0.15) is 0 Å². The van der Waals surface area contributed by atoms with Crippen LogP contribution in [0.3, 0.4) is 0 Å². The lowest BCUT2D eigenvalue weighted by molar-refractivity contribution is 0.244. The topological polar surface area (TPSA) is 55.1 Å². The monoisotopic (exact) mass is 416 g/mol. The summed E-state index contributed by atoms with van der Waals surface area (Å²) in [5.41, 5.74) is 4.99. The maximum Gasteiger partial charge on any atom is 0.173 e. The Labute approximate surface area is 174 Å². The molecule has 1 aliphatic rings. The molecule has 0 radical (unpaired) electrons. The summed E-state index contributed by atoms with van der Waals surface area (Å²) < 4.78 is 5.62. The fourth-order valence-electron chi connectivity index (χ4n) is 3.78. The van der Waals surface area contributed by atoms with E-state index in [1.54, 1.807) is 0 Å².